The van der Waals surface area contributed by atoms with Crippen molar-refractivity contribution in [3.05, 3.63) is 0 Å². The Morgan fingerprint density at radius 2 is 2.00 bits per heavy atom. The molecule has 0 bridgehead atoms. The van der Waals surface area contributed by atoms with Crippen molar-refractivity contribution in [1.82, 2.24) is 0 Å². The minimum Gasteiger partial charge on any atom is -0.338 e. The van der Waals surface area contributed by atoms with E-state index in [1.165, 1.54) is 0 Å². The van der Waals surface area contributed by atoms with Crippen LogP contribution in [0.15, 0.2) is 0 Å². The first-order valence-electron chi connectivity index (χ1n) is 2.30. The lowest BCUT2D eigenvalue weighted by Crippen LogP contribution is -2.22. The van der Waals surface area contributed by atoms with E-state index in [2.05, 4.69) is 15.9 Å². The molecule has 2 nitrogen and oxygen atoms in total. The van der Waals surface area contributed by atoms with E-state index in [-0.39, 0.29) is 0 Å². The van der Waals surface area contributed by atoms with Crippen LogP contribution in [0.1, 0.15) is 0 Å². The van der Waals surface area contributed by atoms with Crippen LogP contribution in [-0.4, -0.2) is 23.8 Å². The summed E-state index contributed by atoms with van der Waals surface area (Å²) in [6, 6.07) is 0. The number of alkyl halides is 2. The molecule has 0 unspecified atom stereocenters. The minimum absolute atomic E-state index is 0.326. The fourth-order valence-electron chi connectivity index (χ4n) is 0.507. The molecular formula is C4H6BrClO2. The summed E-state index contributed by atoms with van der Waals surface area (Å²) in [5.74, 6) is 0.326. The van der Waals surface area contributed by atoms with Crippen molar-refractivity contribution in [3.63, 3.8) is 0 Å². The molecule has 0 amide bonds. The van der Waals surface area contributed by atoms with Crippen molar-refractivity contribution in [2.45, 2.75) is 4.70 Å². The highest BCUT2D eigenvalue weighted by Crippen LogP contribution is 2.27. The summed E-state index contributed by atoms with van der Waals surface area (Å²) in [5, 5.41) is 0. The molecule has 1 fully saturated rings. The lowest BCUT2D eigenvalue weighted by molar-refractivity contribution is -0.0499. The third-order valence-corrected chi connectivity index (χ3v) is 2.29. The molecule has 0 radical (unpaired) electrons. The van der Waals surface area contributed by atoms with Gasteiger partial charge in [-0.25, -0.2) is 0 Å². The molecule has 1 heterocycles. The Morgan fingerprint density at radius 3 is 2.25 bits per heavy atom. The zero-order chi connectivity index (χ0) is 6.04. The van der Waals surface area contributed by atoms with E-state index in [4.69, 9.17) is 21.1 Å². The summed E-state index contributed by atoms with van der Waals surface area (Å²) in [6.45, 7) is 1.25. The number of ether oxygens (including phenoxy) is 2. The van der Waals surface area contributed by atoms with Crippen LogP contribution in [0, 0.1) is 0 Å². The second-order valence-corrected chi connectivity index (χ2v) is 2.97. The molecule has 1 aliphatic heterocycles. The second kappa shape index (κ2) is 2.52. The van der Waals surface area contributed by atoms with E-state index in [0.717, 1.165) is 0 Å². The average Bonchev–Trinajstić information content (AvgIpc) is 2.17. The standard InChI is InChI=1S/C4H6BrClO2/c5-4(3-6)7-1-2-8-4/h1-3H2. The molecule has 0 aromatic rings. The van der Waals surface area contributed by atoms with Gasteiger partial charge in [0.1, 0.15) is 0 Å². The monoisotopic (exact) mass is 200 g/mol. The summed E-state index contributed by atoms with van der Waals surface area (Å²) in [5.41, 5.74) is 0. The Labute approximate surface area is 61.2 Å². The smallest absolute Gasteiger partial charge is 0.240 e. The number of rotatable bonds is 1. The van der Waals surface area contributed by atoms with E-state index in [0.29, 0.717) is 19.1 Å². The molecule has 0 aliphatic carbocycles. The van der Waals surface area contributed by atoms with E-state index < -0.39 is 4.70 Å². The molecule has 0 aromatic heterocycles. The quantitative estimate of drug-likeness (QED) is 0.596. The summed E-state index contributed by atoms with van der Waals surface area (Å²) in [7, 11) is 0. The van der Waals surface area contributed by atoms with Crippen LogP contribution < -0.4 is 0 Å². The van der Waals surface area contributed by atoms with Gasteiger partial charge in [0, 0.05) is 0 Å². The van der Waals surface area contributed by atoms with Crippen molar-refractivity contribution in [2.24, 2.45) is 0 Å². The van der Waals surface area contributed by atoms with Crippen LogP contribution in [-0.2, 0) is 9.47 Å². The zero-order valence-electron chi connectivity index (χ0n) is 4.19. The van der Waals surface area contributed by atoms with Gasteiger partial charge in [-0.05, 0) is 15.9 Å². The first kappa shape index (κ1) is 6.81. The largest absolute Gasteiger partial charge is 0.338 e. The van der Waals surface area contributed by atoms with Gasteiger partial charge in [0.15, 0.2) is 0 Å². The van der Waals surface area contributed by atoms with Crippen molar-refractivity contribution < 1.29 is 9.47 Å². The predicted molar refractivity (Wildman–Crippen MR) is 34.3 cm³/mol. The molecule has 48 valence electrons. The van der Waals surface area contributed by atoms with Gasteiger partial charge in [0.05, 0.1) is 19.1 Å². The van der Waals surface area contributed by atoms with Gasteiger partial charge in [0.2, 0.25) is 4.70 Å². The van der Waals surface area contributed by atoms with Crippen LogP contribution in [0.25, 0.3) is 0 Å². The van der Waals surface area contributed by atoms with Crippen LogP contribution in [0.4, 0.5) is 0 Å². The Morgan fingerprint density at radius 1 is 1.50 bits per heavy atom. The van der Waals surface area contributed by atoms with E-state index >= 15 is 0 Å². The van der Waals surface area contributed by atoms with E-state index in [9.17, 15) is 0 Å². The zero-order valence-corrected chi connectivity index (χ0v) is 6.54. The molecule has 1 aliphatic rings. The summed E-state index contributed by atoms with van der Waals surface area (Å²) in [6.07, 6.45) is 0. The normalized spacial score (nSPS) is 26.2. The van der Waals surface area contributed by atoms with Crippen LogP contribution in [0.2, 0.25) is 0 Å². The fourth-order valence-corrected chi connectivity index (χ4v) is 0.985. The van der Waals surface area contributed by atoms with Gasteiger partial charge < -0.3 is 9.47 Å². The number of hydrogen-bond donors (Lipinski definition) is 0. The highest BCUT2D eigenvalue weighted by Gasteiger charge is 2.31. The maximum absolute atomic E-state index is 5.45. The number of hydrogen-bond acceptors (Lipinski definition) is 2. The predicted octanol–water partition coefficient (Wildman–Crippen LogP) is 1.32. The van der Waals surface area contributed by atoms with Gasteiger partial charge in [-0.3, -0.25) is 0 Å². The van der Waals surface area contributed by atoms with Gasteiger partial charge >= 0.3 is 0 Å². The van der Waals surface area contributed by atoms with Crippen molar-refractivity contribution in [3.8, 4) is 0 Å². The Balaban J connectivity index is 2.40. The maximum atomic E-state index is 5.45. The molecule has 1 saturated heterocycles. The van der Waals surface area contributed by atoms with Crippen molar-refractivity contribution >= 4 is 27.5 Å². The Bertz CT molecular complexity index is 82.1. The lowest BCUT2D eigenvalue weighted by atomic mass is 10.8. The highest BCUT2D eigenvalue weighted by atomic mass is 79.9. The van der Waals surface area contributed by atoms with E-state index in [1.807, 2.05) is 0 Å². The van der Waals surface area contributed by atoms with Gasteiger partial charge in [-0.1, -0.05) is 0 Å². The molecular weight excluding hydrogens is 195 g/mol. The molecule has 0 atom stereocenters. The molecule has 0 spiro atoms. The first-order valence-corrected chi connectivity index (χ1v) is 3.62. The van der Waals surface area contributed by atoms with Crippen LogP contribution in [0.3, 0.4) is 0 Å². The third-order valence-electron chi connectivity index (χ3n) is 0.878. The van der Waals surface area contributed by atoms with Crippen LogP contribution >= 0.6 is 27.5 Å². The van der Waals surface area contributed by atoms with Crippen molar-refractivity contribution in [2.75, 3.05) is 19.1 Å². The number of halogens is 2. The van der Waals surface area contributed by atoms with Crippen molar-refractivity contribution in [1.29, 1.82) is 0 Å². The van der Waals surface area contributed by atoms with Crippen LogP contribution in [0.5, 0.6) is 0 Å². The summed E-state index contributed by atoms with van der Waals surface area (Å²) < 4.78 is 9.42. The SMILES string of the molecule is ClCC1(Br)OCCO1. The summed E-state index contributed by atoms with van der Waals surface area (Å²) >= 11 is 8.62. The molecule has 4 heteroatoms. The molecule has 8 heavy (non-hydrogen) atoms. The lowest BCUT2D eigenvalue weighted by Gasteiger charge is -2.14. The first-order chi connectivity index (χ1) is 3.77. The molecule has 0 saturated carbocycles. The highest BCUT2D eigenvalue weighted by molar-refractivity contribution is 9.10. The molecule has 0 aromatic carbocycles. The van der Waals surface area contributed by atoms with Gasteiger partial charge in [-0.2, -0.15) is 0 Å². The van der Waals surface area contributed by atoms with Gasteiger partial charge in [0.25, 0.3) is 0 Å². The average molecular weight is 201 g/mol. The molecule has 1 rings (SSSR count). The Hall–Kier alpha value is 0.690. The topological polar surface area (TPSA) is 18.5 Å². The minimum atomic E-state index is -0.686. The van der Waals surface area contributed by atoms with E-state index in [1.54, 1.807) is 0 Å². The third kappa shape index (κ3) is 1.35. The second-order valence-electron chi connectivity index (χ2n) is 1.49. The summed E-state index contributed by atoms with van der Waals surface area (Å²) in [4.78, 5) is 0. The Kier molecular flexibility index (Phi) is 2.14. The molecule has 0 N–H and O–H groups in total. The fraction of sp³-hybridized carbons (Fsp3) is 1.00. The van der Waals surface area contributed by atoms with Gasteiger partial charge in [-0.15, -0.1) is 11.6 Å². The maximum Gasteiger partial charge on any atom is 0.240 e.